The molecule has 1 aliphatic rings. The maximum atomic E-state index is 12.5. The highest BCUT2D eigenvalue weighted by Gasteiger charge is 2.27. The number of hydrogen-bond donors (Lipinski definition) is 0. The molecule has 0 radical (unpaired) electrons. The molecule has 2 nitrogen and oxygen atoms in total. The van der Waals surface area contributed by atoms with Crippen molar-refractivity contribution >= 4 is 27.4 Å². The Hall–Kier alpha value is -2.00. The van der Waals surface area contributed by atoms with Crippen molar-refractivity contribution in [2.24, 2.45) is 0 Å². The summed E-state index contributed by atoms with van der Waals surface area (Å²) in [5.74, 6) is 0.114. The molecule has 0 saturated heterocycles. The molecule has 1 heterocycles. The fourth-order valence-corrected chi connectivity index (χ4v) is 3.46. The number of carbonyl (C=O) groups excluding carboxylic acids is 1. The fraction of sp³-hybridized carbons (Fsp3) is 0.176. The first-order valence-corrected chi connectivity index (χ1v) is 7.58. The van der Waals surface area contributed by atoms with Gasteiger partial charge in [-0.2, -0.15) is 4.37 Å². The minimum atomic E-state index is 0.114. The third kappa shape index (κ3) is 1.63. The lowest BCUT2D eigenvalue weighted by Crippen LogP contribution is -2.08. The molecule has 0 atom stereocenters. The number of hydrogen-bond acceptors (Lipinski definition) is 3. The van der Waals surface area contributed by atoms with E-state index < -0.39 is 0 Å². The van der Waals surface area contributed by atoms with Gasteiger partial charge in [-0.25, -0.2) is 0 Å². The summed E-state index contributed by atoms with van der Waals surface area (Å²) < 4.78 is 5.68. The smallest absolute Gasteiger partial charge is 0.194 e. The van der Waals surface area contributed by atoms with Gasteiger partial charge in [-0.15, -0.1) is 0 Å². The Kier molecular flexibility index (Phi) is 3.14. The summed E-state index contributed by atoms with van der Waals surface area (Å²) >= 11 is 1.48. The molecule has 3 aromatic rings. The zero-order valence-electron chi connectivity index (χ0n) is 11.7. The lowest BCUT2D eigenvalue weighted by atomic mass is 9.87. The van der Waals surface area contributed by atoms with E-state index in [4.69, 9.17) is 0 Å². The van der Waals surface area contributed by atoms with Crippen LogP contribution in [0.25, 0.3) is 21.3 Å². The second-order valence-electron chi connectivity index (χ2n) is 4.54. The van der Waals surface area contributed by atoms with Crippen LogP contribution in [-0.2, 0) is 0 Å². The second kappa shape index (κ2) is 4.84. The molecule has 1 aromatic heterocycles. The Morgan fingerprint density at radius 1 is 0.950 bits per heavy atom. The molecule has 100 valence electrons. The van der Waals surface area contributed by atoms with Gasteiger partial charge in [0.15, 0.2) is 5.78 Å². The summed E-state index contributed by atoms with van der Waals surface area (Å²) in [6.45, 7) is 6.06. The number of aromatic nitrogens is 1. The van der Waals surface area contributed by atoms with Gasteiger partial charge in [-0.05, 0) is 30.1 Å². The van der Waals surface area contributed by atoms with E-state index in [1.165, 1.54) is 17.1 Å². The highest BCUT2D eigenvalue weighted by molar-refractivity contribution is 7.14. The molecule has 0 saturated carbocycles. The highest BCUT2D eigenvalue weighted by atomic mass is 32.1. The maximum Gasteiger partial charge on any atom is 0.194 e. The Labute approximate surface area is 122 Å². The van der Waals surface area contributed by atoms with Crippen molar-refractivity contribution < 1.29 is 4.79 Å². The van der Waals surface area contributed by atoms with E-state index in [2.05, 4.69) is 11.3 Å². The van der Waals surface area contributed by atoms with Crippen molar-refractivity contribution in [2.75, 3.05) is 0 Å². The minimum Gasteiger partial charge on any atom is -0.289 e. The molecule has 0 unspecified atom stereocenters. The van der Waals surface area contributed by atoms with Crippen LogP contribution in [-0.4, -0.2) is 10.2 Å². The number of rotatable bonds is 0. The number of ketones is 1. The van der Waals surface area contributed by atoms with Crippen LogP contribution in [0, 0.1) is 6.92 Å². The van der Waals surface area contributed by atoms with Gasteiger partial charge < -0.3 is 0 Å². The molecule has 0 spiro atoms. The third-order valence-corrected chi connectivity index (χ3v) is 4.47. The quantitative estimate of drug-likeness (QED) is 0.461. The topological polar surface area (TPSA) is 30.0 Å². The number of benzene rings is 2. The van der Waals surface area contributed by atoms with E-state index in [1.54, 1.807) is 0 Å². The normalized spacial score (nSPS) is 11.8. The van der Waals surface area contributed by atoms with Crippen LogP contribution in [0.1, 0.15) is 35.3 Å². The molecule has 4 rings (SSSR count). The van der Waals surface area contributed by atoms with Crippen LogP contribution in [0.5, 0.6) is 0 Å². The number of aryl methyl sites for hydroxylation is 1. The molecule has 1 aliphatic carbocycles. The first kappa shape index (κ1) is 13.0. The van der Waals surface area contributed by atoms with Gasteiger partial charge in [0.2, 0.25) is 0 Å². The first-order chi connectivity index (χ1) is 9.77. The molecule has 3 heteroatoms. The number of fused-ring (bicyclic) bond motifs is 2. The van der Waals surface area contributed by atoms with Gasteiger partial charge in [0, 0.05) is 22.1 Å². The van der Waals surface area contributed by atoms with Crippen molar-refractivity contribution in [2.45, 2.75) is 20.8 Å². The summed E-state index contributed by atoms with van der Waals surface area (Å²) in [7, 11) is 0. The van der Waals surface area contributed by atoms with E-state index in [-0.39, 0.29) is 5.78 Å². The van der Waals surface area contributed by atoms with Gasteiger partial charge in [0.1, 0.15) is 0 Å². The molecule has 0 N–H and O–H groups in total. The van der Waals surface area contributed by atoms with E-state index >= 15 is 0 Å². The summed E-state index contributed by atoms with van der Waals surface area (Å²) in [6.07, 6.45) is 0. The first-order valence-electron chi connectivity index (χ1n) is 6.80. The lowest BCUT2D eigenvalue weighted by Gasteiger charge is -2.14. The highest BCUT2D eigenvalue weighted by Crippen LogP contribution is 2.41. The average molecular weight is 281 g/mol. The van der Waals surface area contributed by atoms with Crippen molar-refractivity contribution in [3.8, 4) is 11.3 Å². The SMILES string of the molecule is CC.Cc1ccc2c3c(nsc13)-c1ccccc1C2=O. The van der Waals surface area contributed by atoms with Crippen LogP contribution in [0.15, 0.2) is 36.4 Å². The van der Waals surface area contributed by atoms with Crippen molar-refractivity contribution in [3.63, 3.8) is 0 Å². The van der Waals surface area contributed by atoms with E-state index in [0.717, 1.165) is 32.5 Å². The zero-order valence-corrected chi connectivity index (χ0v) is 12.5. The standard InChI is InChI=1S/C15H9NOS.C2H6/c1-8-6-7-11-12-13(16-18-15(8)12)9-4-2-3-5-10(9)14(11)17;1-2/h2-7H,1H3;1-2H3. The zero-order chi connectivity index (χ0) is 14.3. The Bertz CT molecular complexity index is 817. The number of carbonyl (C=O) groups is 1. The van der Waals surface area contributed by atoms with E-state index in [9.17, 15) is 4.79 Å². The molecular formula is C17H15NOS. The molecular weight excluding hydrogens is 266 g/mol. The van der Waals surface area contributed by atoms with Gasteiger partial charge in [-0.1, -0.05) is 44.2 Å². The minimum absolute atomic E-state index is 0.114. The van der Waals surface area contributed by atoms with Gasteiger partial charge in [-0.3, -0.25) is 4.79 Å². The van der Waals surface area contributed by atoms with Gasteiger partial charge in [0.05, 0.1) is 10.4 Å². The molecule has 0 amide bonds. The second-order valence-corrected chi connectivity index (χ2v) is 5.31. The predicted molar refractivity (Wildman–Crippen MR) is 84.6 cm³/mol. The lowest BCUT2D eigenvalue weighted by molar-refractivity contribution is 0.104. The van der Waals surface area contributed by atoms with Crippen LogP contribution in [0.2, 0.25) is 0 Å². The third-order valence-electron chi connectivity index (χ3n) is 3.49. The monoisotopic (exact) mass is 281 g/mol. The predicted octanol–water partition coefficient (Wildman–Crippen LogP) is 4.84. The number of nitrogens with zero attached hydrogens (tertiary/aromatic N) is 1. The molecule has 0 fully saturated rings. The molecule has 0 aliphatic heterocycles. The van der Waals surface area contributed by atoms with Gasteiger partial charge in [0.25, 0.3) is 0 Å². The molecule has 0 bridgehead atoms. The fourth-order valence-electron chi connectivity index (χ4n) is 2.58. The van der Waals surface area contributed by atoms with Crippen molar-refractivity contribution in [1.82, 2.24) is 4.37 Å². The van der Waals surface area contributed by atoms with Crippen LogP contribution < -0.4 is 0 Å². The summed E-state index contributed by atoms with van der Waals surface area (Å²) in [6, 6.07) is 11.6. The van der Waals surface area contributed by atoms with Crippen LogP contribution in [0.3, 0.4) is 0 Å². The van der Waals surface area contributed by atoms with Crippen LogP contribution >= 0.6 is 11.5 Å². The van der Waals surface area contributed by atoms with Crippen molar-refractivity contribution in [3.05, 3.63) is 53.1 Å². The molecule has 20 heavy (non-hydrogen) atoms. The maximum absolute atomic E-state index is 12.5. The Morgan fingerprint density at radius 2 is 1.65 bits per heavy atom. The Morgan fingerprint density at radius 3 is 2.40 bits per heavy atom. The molecule has 2 aromatic carbocycles. The summed E-state index contributed by atoms with van der Waals surface area (Å²) in [4.78, 5) is 12.5. The van der Waals surface area contributed by atoms with Crippen LogP contribution in [0.4, 0.5) is 0 Å². The van der Waals surface area contributed by atoms with Gasteiger partial charge >= 0.3 is 0 Å². The van der Waals surface area contributed by atoms with E-state index in [1.807, 2.05) is 50.2 Å². The average Bonchev–Trinajstić information content (AvgIpc) is 2.95. The summed E-state index contributed by atoms with van der Waals surface area (Å²) in [5.41, 5.74) is 4.67. The Balaban J connectivity index is 0.000000581. The summed E-state index contributed by atoms with van der Waals surface area (Å²) in [5, 5.41) is 1.03. The van der Waals surface area contributed by atoms with Crippen molar-refractivity contribution in [1.29, 1.82) is 0 Å². The largest absolute Gasteiger partial charge is 0.289 e. The van der Waals surface area contributed by atoms with E-state index in [0.29, 0.717) is 0 Å².